The highest BCUT2D eigenvalue weighted by atomic mass is 16.5. The molecule has 6 aromatic rings. The van der Waals surface area contributed by atoms with E-state index in [1.165, 1.54) is 38.9 Å². The SMILES string of the molecule is CCCOc1ccc(C2(c3ccc(OC)cc3)C=Cc3c4c(c5cc(OC)c(OC)cc5c3O2)-c2ccc(-c3ccc(C)cc3)cc2C4(C)C)cc1. The Balaban J connectivity index is 1.39. The third-order valence-corrected chi connectivity index (χ3v) is 10.8. The van der Waals surface area contributed by atoms with Crippen molar-refractivity contribution in [2.24, 2.45) is 0 Å². The summed E-state index contributed by atoms with van der Waals surface area (Å²) in [5, 5.41) is 2.02. The lowest BCUT2D eigenvalue weighted by atomic mass is 9.76. The van der Waals surface area contributed by atoms with Crippen molar-refractivity contribution in [3.8, 4) is 51.0 Å². The van der Waals surface area contributed by atoms with Crippen LogP contribution in [0, 0.1) is 6.92 Å². The topological polar surface area (TPSA) is 46.2 Å². The predicted molar refractivity (Wildman–Crippen MR) is 210 cm³/mol. The molecule has 1 heterocycles. The predicted octanol–water partition coefficient (Wildman–Crippen LogP) is 11.3. The van der Waals surface area contributed by atoms with Crippen LogP contribution in [0.15, 0.2) is 109 Å². The van der Waals surface area contributed by atoms with Gasteiger partial charge in [0.2, 0.25) is 0 Å². The Kier molecular flexibility index (Phi) is 8.25. The molecule has 2 aliphatic rings. The lowest BCUT2D eigenvalue weighted by Gasteiger charge is -2.38. The smallest absolute Gasteiger partial charge is 0.178 e. The van der Waals surface area contributed by atoms with Gasteiger partial charge in [0, 0.05) is 27.5 Å². The van der Waals surface area contributed by atoms with Crippen LogP contribution in [0.25, 0.3) is 39.1 Å². The third kappa shape index (κ3) is 5.21. The fraction of sp³-hybridized carbons (Fsp3) is 0.234. The quantitative estimate of drug-likeness (QED) is 0.151. The first-order chi connectivity index (χ1) is 25.2. The molecular weight excluding hydrogens is 645 g/mol. The van der Waals surface area contributed by atoms with E-state index in [0.29, 0.717) is 18.1 Å². The normalized spacial score (nSPS) is 16.4. The van der Waals surface area contributed by atoms with Crippen LogP contribution < -0.4 is 23.7 Å². The first-order valence-corrected chi connectivity index (χ1v) is 18.0. The van der Waals surface area contributed by atoms with Gasteiger partial charge in [0.1, 0.15) is 17.2 Å². The van der Waals surface area contributed by atoms with Gasteiger partial charge in [0.05, 0.1) is 27.9 Å². The summed E-state index contributed by atoms with van der Waals surface area (Å²) in [5.41, 5.74) is 10.4. The van der Waals surface area contributed by atoms with E-state index >= 15 is 0 Å². The molecule has 6 aromatic carbocycles. The second-order valence-electron chi connectivity index (χ2n) is 14.3. The van der Waals surface area contributed by atoms with Gasteiger partial charge < -0.3 is 23.7 Å². The number of benzene rings is 6. The summed E-state index contributed by atoms with van der Waals surface area (Å²) >= 11 is 0. The van der Waals surface area contributed by atoms with Gasteiger partial charge in [0.15, 0.2) is 17.1 Å². The van der Waals surface area contributed by atoms with Crippen molar-refractivity contribution in [2.75, 3.05) is 27.9 Å². The molecule has 0 N–H and O–H groups in total. The van der Waals surface area contributed by atoms with Crippen LogP contribution in [0.2, 0.25) is 0 Å². The van der Waals surface area contributed by atoms with E-state index in [0.717, 1.165) is 51.1 Å². The van der Waals surface area contributed by atoms with Crippen molar-refractivity contribution in [3.05, 3.63) is 143 Å². The van der Waals surface area contributed by atoms with Crippen LogP contribution in [-0.2, 0) is 11.0 Å². The number of aryl methyl sites for hydroxylation is 1. The van der Waals surface area contributed by atoms with Crippen molar-refractivity contribution < 1.29 is 23.7 Å². The van der Waals surface area contributed by atoms with Gasteiger partial charge >= 0.3 is 0 Å². The molecule has 1 aliphatic carbocycles. The summed E-state index contributed by atoms with van der Waals surface area (Å²) in [7, 11) is 5.06. The number of fused-ring (bicyclic) bond motifs is 8. The van der Waals surface area contributed by atoms with Gasteiger partial charge in [-0.15, -0.1) is 0 Å². The molecule has 0 bridgehead atoms. The molecule has 5 heteroatoms. The highest BCUT2D eigenvalue weighted by Gasteiger charge is 2.44. The summed E-state index contributed by atoms with van der Waals surface area (Å²) in [6.07, 6.45) is 5.43. The number of hydrogen-bond acceptors (Lipinski definition) is 5. The molecular formula is C47H44O5. The van der Waals surface area contributed by atoms with Crippen LogP contribution in [0.4, 0.5) is 0 Å². The van der Waals surface area contributed by atoms with E-state index in [1.807, 2.05) is 24.3 Å². The number of hydrogen-bond donors (Lipinski definition) is 0. The second kappa shape index (κ2) is 12.8. The molecule has 0 amide bonds. The molecule has 0 saturated carbocycles. The Bertz CT molecular complexity index is 2330. The largest absolute Gasteiger partial charge is 0.497 e. The van der Waals surface area contributed by atoms with Crippen molar-refractivity contribution >= 4 is 16.8 Å². The maximum absolute atomic E-state index is 7.53. The van der Waals surface area contributed by atoms with E-state index in [9.17, 15) is 0 Å². The van der Waals surface area contributed by atoms with Gasteiger partial charge in [-0.2, -0.15) is 0 Å². The molecule has 0 spiro atoms. The lowest BCUT2D eigenvalue weighted by molar-refractivity contribution is 0.163. The molecule has 5 nitrogen and oxygen atoms in total. The molecule has 0 aromatic heterocycles. The Morgan fingerprint density at radius 2 is 1.27 bits per heavy atom. The van der Waals surface area contributed by atoms with Crippen LogP contribution in [0.1, 0.15) is 60.6 Å². The summed E-state index contributed by atoms with van der Waals surface area (Å²) in [5.74, 6) is 3.75. The summed E-state index contributed by atoms with van der Waals surface area (Å²) in [6.45, 7) is 9.56. The molecule has 52 heavy (non-hydrogen) atoms. The monoisotopic (exact) mass is 688 g/mol. The molecule has 1 atom stereocenters. The van der Waals surface area contributed by atoms with Gasteiger partial charge in [-0.05, 0) is 101 Å². The zero-order valence-corrected chi connectivity index (χ0v) is 30.9. The maximum Gasteiger partial charge on any atom is 0.178 e. The highest BCUT2D eigenvalue weighted by molar-refractivity contribution is 6.09. The van der Waals surface area contributed by atoms with E-state index in [-0.39, 0.29) is 5.41 Å². The summed E-state index contributed by atoms with van der Waals surface area (Å²) < 4.78 is 30.9. The number of ether oxygens (including phenoxy) is 5. The zero-order chi connectivity index (χ0) is 36.2. The van der Waals surface area contributed by atoms with Gasteiger partial charge in [-0.3, -0.25) is 0 Å². The number of rotatable bonds is 9. The highest BCUT2D eigenvalue weighted by Crippen LogP contribution is 2.59. The standard InChI is InChI=1S/C47H44O5/c1-8-25-51-35-20-16-33(17-21-35)47(32-14-18-34(48-5)19-15-32)24-23-37-44-43(38-27-41(49-6)42(50-7)28-39(38)45(37)52-47)36-22-13-31(26-40(36)46(44,3)4)30-11-9-29(2)10-12-30/h9-24,26-28H,8,25H2,1-7H3. The fourth-order valence-corrected chi connectivity index (χ4v) is 8.07. The molecule has 0 radical (unpaired) electrons. The van der Waals surface area contributed by atoms with Gasteiger partial charge in [-0.25, -0.2) is 0 Å². The van der Waals surface area contributed by atoms with Crippen molar-refractivity contribution in [2.45, 2.75) is 45.1 Å². The Labute approximate surface area is 306 Å². The zero-order valence-electron chi connectivity index (χ0n) is 30.9. The minimum atomic E-state index is -0.939. The molecule has 262 valence electrons. The molecule has 8 rings (SSSR count). The first-order valence-electron chi connectivity index (χ1n) is 18.0. The first kappa shape index (κ1) is 33.5. The van der Waals surface area contributed by atoms with E-state index in [1.54, 1.807) is 21.3 Å². The molecule has 1 aliphatic heterocycles. The van der Waals surface area contributed by atoms with Crippen LogP contribution in [-0.4, -0.2) is 27.9 Å². The number of methoxy groups -OCH3 is 3. The minimum absolute atomic E-state index is 0.330. The van der Waals surface area contributed by atoms with E-state index < -0.39 is 5.60 Å². The third-order valence-electron chi connectivity index (χ3n) is 10.8. The van der Waals surface area contributed by atoms with E-state index in [4.69, 9.17) is 23.7 Å². The Morgan fingerprint density at radius 3 is 1.88 bits per heavy atom. The van der Waals surface area contributed by atoms with Crippen LogP contribution in [0.5, 0.6) is 28.7 Å². The maximum atomic E-state index is 7.53. The average Bonchev–Trinajstić information content (AvgIpc) is 3.42. The van der Waals surface area contributed by atoms with Crippen LogP contribution >= 0.6 is 0 Å². The lowest BCUT2D eigenvalue weighted by Crippen LogP contribution is -2.35. The molecule has 0 fully saturated rings. The molecule has 1 unspecified atom stereocenters. The molecule has 0 saturated heterocycles. The van der Waals surface area contributed by atoms with Crippen molar-refractivity contribution in [1.82, 2.24) is 0 Å². The summed E-state index contributed by atoms with van der Waals surface area (Å²) in [4.78, 5) is 0. The van der Waals surface area contributed by atoms with Crippen molar-refractivity contribution in [3.63, 3.8) is 0 Å². The summed E-state index contributed by atoms with van der Waals surface area (Å²) in [6, 6.07) is 36.3. The Hall–Kier alpha value is -5.68. The second-order valence-corrected chi connectivity index (χ2v) is 14.3. The van der Waals surface area contributed by atoms with Crippen molar-refractivity contribution in [1.29, 1.82) is 0 Å². The Morgan fingerprint density at radius 1 is 0.654 bits per heavy atom. The minimum Gasteiger partial charge on any atom is -0.497 e. The fourth-order valence-electron chi connectivity index (χ4n) is 8.07. The van der Waals surface area contributed by atoms with E-state index in [2.05, 4.69) is 119 Å². The van der Waals surface area contributed by atoms with Gasteiger partial charge in [-0.1, -0.05) is 93.1 Å². The van der Waals surface area contributed by atoms with Gasteiger partial charge in [0.25, 0.3) is 0 Å². The van der Waals surface area contributed by atoms with Crippen LogP contribution in [0.3, 0.4) is 0 Å². The average molecular weight is 689 g/mol.